The first-order chi connectivity index (χ1) is 14.0. The molecule has 1 heterocycles. The monoisotopic (exact) mass is 401 g/mol. The summed E-state index contributed by atoms with van der Waals surface area (Å²) in [6.07, 6.45) is 6.45. The van der Waals surface area contributed by atoms with Gasteiger partial charge in [0.15, 0.2) is 0 Å². The van der Waals surface area contributed by atoms with Gasteiger partial charge in [0, 0.05) is 43.9 Å². The second-order valence-corrected chi connectivity index (χ2v) is 8.52. The number of carbonyl (C=O) groups is 2. The number of aliphatic hydroxyl groups excluding tert-OH is 1. The van der Waals surface area contributed by atoms with Crippen LogP contribution in [-0.2, 0) is 9.59 Å². The molecule has 2 fully saturated rings. The molecule has 2 aliphatic rings. The average molecular weight is 402 g/mol. The van der Waals surface area contributed by atoms with E-state index in [1.54, 1.807) is 0 Å². The van der Waals surface area contributed by atoms with Crippen molar-refractivity contribution in [3.8, 4) is 0 Å². The van der Waals surface area contributed by atoms with Crippen LogP contribution in [-0.4, -0.2) is 65.0 Å². The van der Waals surface area contributed by atoms with Crippen molar-refractivity contribution in [2.45, 2.75) is 70.9 Å². The van der Waals surface area contributed by atoms with E-state index in [1.165, 1.54) is 0 Å². The molecular weight excluding hydrogens is 366 g/mol. The molecule has 2 N–H and O–H groups in total. The van der Waals surface area contributed by atoms with Gasteiger partial charge in [0.1, 0.15) is 0 Å². The molecule has 0 radical (unpaired) electrons. The highest BCUT2D eigenvalue weighted by Gasteiger charge is 2.32. The number of amides is 2. The van der Waals surface area contributed by atoms with Gasteiger partial charge < -0.3 is 15.3 Å². The van der Waals surface area contributed by atoms with Crippen LogP contribution in [0.2, 0.25) is 0 Å². The number of piperidine rings is 1. The normalized spacial score (nSPS) is 19.4. The van der Waals surface area contributed by atoms with Crippen molar-refractivity contribution in [3.63, 3.8) is 0 Å². The van der Waals surface area contributed by atoms with Crippen molar-refractivity contribution < 1.29 is 14.7 Å². The molecule has 2 amide bonds. The minimum atomic E-state index is -0.0159. The zero-order valence-electron chi connectivity index (χ0n) is 17.8. The molecule has 1 saturated heterocycles. The lowest BCUT2D eigenvalue weighted by atomic mass is 9.99. The Bertz CT molecular complexity index is 695. The molecule has 0 spiro atoms. The van der Waals surface area contributed by atoms with Crippen LogP contribution >= 0.6 is 0 Å². The Hall–Kier alpha value is -1.92. The molecule has 1 aromatic rings. The van der Waals surface area contributed by atoms with E-state index in [9.17, 15) is 14.7 Å². The average Bonchev–Trinajstić information content (AvgIpc) is 3.54. The molecule has 1 aliphatic heterocycles. The molecule has 1 unspecified atom stereocenters. The van der Waals surface area contributed by atoms with Gasteiger partial charge in [-0.05, 0) is 63.5 Å². The van der Waals surface area contributed by atoms with Crippen molar-refractivity contribution in [1.29, 1.82) is 0 Å². The van der Waals surface area contributed by atoms with Crippen molar-refractivity contribution in [2.75, 3.05) is 31.6 Å². The van der Waals surface area contributed by atoms with Crippen LogP contribution in [0.15, 0.2) is 18.2 Å². The Labute approximate surface area is 174 Å². The number of benzene rings is 1. The molecule has 6 nitrogen and oxygen atoms in total. The van der Waals surface area contributed by atoms with Gasteiger partial charge in [-0.15, -0.1) is 0 Å². The number of nitrogens with zero attached hydrogens (tertiary/aromatic N) is 2. The van der Waals surface area contributed by atoms with Crippen LogP contribution < -0.4 is 5.32 Å². The Kier molecular flexibility index (Phi) is 7.67. The zero-order chi connectivity index (χ0) is 20.8. The Balaban J connectivity index is 1.53. The van der Waals surface area contributed by atoms with Gasteiger partial charge in [-0.25, -0.2) is 0 Å². The summed E-state index contributed by atoms with van der Waals surface area (Å²) in [4.78, 5) is 29.6. The maximum atomic E-state index is 12.8. The number of rotatable bonds is 9. The molecule has 29 heavy (non-hydrogen) atoms. The van der Waals surface area contributed by atoms with Gasteiger partial charge in [0.25, 0.3) is 0 Å². The molecule has 1 saturated carbocycles. The molecule has 1 atom stereocenters. The van der Waals surface area contributed by atoms with E-state index >= 15 is 0 Å². The quantitative estimate of drug-likeness (QED) is 0.667. The molecule has 3 rings (SSSR count). The lowest BCUT2D eigenvalue weighted by molar-refractivity contribution is -0.136. The second-order valence-electron chi connectivity index (χ2n) is 8.52. The predicted molar refractivity (Wildman–Crippen MR) is 115 cm³/mol. The number of hydrogen-bond acceptors (Lipinski definition) is 4. The fourth-order valence-corrected chi connectivity index (χ4v) is 4.37. The van der Waals surface area contributed by atoms with Gasteiger partial charge in [-0.1, -0.05) is 18.2 Å². The summed E-state index contributed by atoms with van der Waals surface area (Å²) in [6.45, 7) is 5.86. The highest BCUT2D eigenvalue weighted by Crippen LogP contribution is 2.28. The van der Waals surface area contributed by atoms with E-state index < -0.39 is 0 Å². The van der Waals surface area contributed by atoms with Crippen LogP contribution in [0.5, 0.6) is 0 Å². The Morgan fingerprint density at radius 2 is 1.90 bits per heavy atom. The maximum absolute atomic E-state index is 12.8. The standard InChI is InChI=1S/C23H35N3O3/c1-17-6-5-7-18(2)23(17)24-21(28)16-25(19-9-10-19)14-11-22(29)26-13-4-3-8-20(26)12-15-27/h5-7,19-20,27H,3-4,8-16H2,1-2H3,(H,24,28). The Morgan fingerprint density at radius 1 is 1.17 bits per heavy atom. The maximum Gasteiger partial charge on any atom is 0.238 e. The number of aliphatic hydroxyl groups is 1. The highest BCUT2D eigenvalue weighted by atomic mass is 16.3. The first kappa shape index (κ1) is 21.8. The minimum Gasteiger partial charge on any atom is -0.396 e. The van der Waals surface area contributed by atoms with E-state index in [-0.39, 0.29) is 24.5 Å². The first-order valence-electron chi connectivity index (χ1n) is 11.0. The van der Waals surface area contributed by atoms with Gasteiger partial charge in [0.05, 0.1) is 6.54 Å². The molecule has 0 aromatic heterocycles. The van der Waals surface area contributed by atoms with Gasteiger partial charge in [-0.2, -0.15) is 0 Å². The van der Waals surface area contributed by atoms with E-state index in [1.807, 2.05) is 36.9 Å². The first-order valence-corrected chi connectivity index (χ1v) is 11.0. The fraction of sp³-hybridized carbons (Fsp3) is 0.652. The summed E-state index contributed by atoms with van der Waals surface area (Å²) in [5.41, 5.74) is 3.02. The third kappa shape index (κ3) is 6.03. The van der Waals surface area contributed by atoms with Gasteiger partial charge >= 0.3 is 0 Å². The SMILES string of the molecule is Cc1cccc(C)c1NC(=O)CN(CCC(=O)N1CCCCC1CCO)C1CC1. The van der Waals surface area contributed by atoms with E-state index in [4.69, 9.17) is 0 Å². The number of aryl methyl sites for hydroxylation is 2. The largest absolute Gasteiger partial charge is 0.396 e. The summed E-state index contributed by atoms with van der Waals surface area (Å²) in [6, 6.07) is 6.58. The Morgan fingerprint density at radius 3 is 2.55 bits per heavy atom. The zero-order valence-corrected chi connectivity index (χ0v) is 17.8. The van der Waals surface area contributed by atoms with E-state index in [0.29, 0.717) is 32.0 Å². The van der Waals surface area contributed by atoms with E-state index in [0.717, 1.165) is 55.5 Å². The lowest BCUT2D eigenvalue weighted by Gasteiger charge is -2.36. The van der Waals surface area contributed by atoms with Crippen molar-refractivity contribution in [1.82, 2.24) is 9.80 Å². The lowest BCUT2D eigenvalue weighted by Crippen LogP contribution is -2.45. The molecule has 160 valence electrons. The van der Waals surface area contributed by atoms with Gasteiger partial charge in [-0.3, -0.25) is 14.5 Å². The second kappa shape index (κ2) is 10.2. The topological polar surface area (TPSA) is 72.9 Å². The van der Waals surface area contributed by atoms with Crippen LogP contribution in [0.25, 0.3) is 0 Å². The number of anilines is 1. The van der Waals surface area contributed by atoms with Crippen LogP contribution in [0.4, 0.5) is 5.69 Å². The molecule has 1 aromatic carbocycles. The van der Waals surface area contributed by atoms with Crippen LogP contribution in [0.1, 0.15) is 56.1 Å². The van der Waals surface area contributed by atoms with Crippen LogP contribution in [0, 0.1) is 13.8 Å². The summed E-state index contributed by atoms with van der Waals surface area (Å²) in [5, 5.41) is 12.3. The van der Waals surface area contributed by atoms with Crippen LogP contribution in [0.3, 0.4) is 0 Å². The highest BCUT2D eigenvalue weighted by molar-refractivity contribution is 5.93. The van der Waals surface area contributed by atoms with Crippen molar-refractivity contribution >= 4 is 17.5 Å². The van der Waals surface area contributed by atoms with E-state index in [2.05, 4.69) is 10.2 Å². The predicted octanol–water partition coefficient (Wildman–Crippen LogP) is 2.86. The fourth-order valence-electron chi connectivity index (χ4n) is 4.37. The number of hydrogen-bond donors (Lipinski definition) is 2. The summed E-state index contributed by atoms with van der Waals surface area (Å²) < 4.78 is 0. The molecular formula is C23H35N3O3. The molecule has 0 bridgehead atoms. The smallest absolute Gasteiger partial charge is 0.238 e. The summed E-state index contributed by atoms with van der Waals surface area (Å²) in [7, 11) is 0. The van der Waals surface area contributed by atoms with Gasteiger partial charge in [0.2, 0.25) is 11.8 Å². The molecule has 1 aliphatic carbocycles. The summed E-state index contributed by atoms with van der Waals surface area (Å²) >= 11 is 0. The third-order valence-corrected chi connectivity index (χ3v) is 6.18. The summed E-state index contributed by atoms with van der Waals surface area (Å²) in [5.74, 6) is 0.141. The number of carbonyl (C=O) groups excluding carboxylic acids is 2. The molecule has 6 heteroatoms. The minimum absolute atomic E-state index is 0.0159. The van der Waals surface area contributed by atoms with Crippen molar-refractivity contribution in [2.24, 2.45) is 0 Å². The number of nitrogens with one attached hydrogen (secondary N) is 1. The number of para-hydroxylation sites is 1. The van der Waals surface area contributed by atoms with Crippen molar-refractivity contribution in [3.05, 3.63) is 29.3 Å². The number of likely N-dealkylation sites (tertiary alicyclic amines) is 1. The third-order valence-electron chi connectivity index (χ3n) is 6.18.